The third kappa shape index (κ3) is 4.34. The van der Waals surface area contributed by atoms with Crippen LogP contribution in [-0.4, -0.2) is 45.9 Å². The van der Waals surface area contributed by atoms with E-state index in [-0.39, 0.29) is 5.82 Å². The summed E-state index contributed by atoms with van der Waals surface area (Å²) in [6, 6.07) is 16.7. The molecular weight excluding hydrogens is 395 g/mol. The Balaban J connectivity index is 1.39. The van der Waals surface area contributed by atoms with E-state index in [9.17, 15) is 4.39 Å². The van der Waals surface area contributed by atoms with Gasteiger partial charge in [-0.3, -0.25) is 0 Å². The van der Waals surface area contributed by atoms with Crippen LogP contribution in [0.5, 0.6) is 0 Å². The predicted octanol–water partition coefficient (Wildman–Crippen LogP) is 3.74. The molecule has 1 saturated heterocycles. The molecule has 0 aliphatic carbocycles. The first kappa shape index (κ1) is 19.4. The van der Waals surface area contributed by atoms with E-state index in [1.54, 1.807) is 10.6 Å². The van der Waals surface area contributed by atoms with Crippen molar-refractivity contribution in [3.05, 3.63) is 77.5 Å². The lowest BCUT2D eigenvalue weighted by molar-refractivity contribution is 0.122. The summed E-state index contributed by atoms with van der Waals surface area (Å²) >= 11 is 0. The third-order valence-corrected chi connectivity index (χ3v) is 5.25. The van der Waals surface area contributed by atoms with Crippen molar-refractivity contribution in [1.82, 2.24) is 19.6 Å². The lowest BCUT2D eigenvalue weighted by Crippen LogP contribution is -2.36. The van der Waals surface area contributed by atoms with Crippen LogP contribution in [0.3, 0.4) is 0 Å². The number of hydrogen-bond donors (Lipinski definition) is 1. The van der Waals surface area contributed by atoms with Crippen LogP contribution in [0.1, 0.15) is 17.1 Å². The lowest BCUT2D eigenvalue weighted by atomic mass is 10.1. The Morgan fingerprint density at radius 1 is 1.03 bits per heavy atom. The molecule has 0 unspecified atom stereocenters. The number of nitrogens with zero attached hydrogens (tertiary/aromatic N) is 5. The second-order valence-corrected chi connectivity index (χ2v) is 7.60. The van der Waals surface area contributed by atoms with Gasteiger partial charge in [0.25, 0.3) is 5.78 Å². The van der Waals surface area contributed by atoms with E-state index >= 15 is 0 Å². The van der Waals surface area contributed by atoms with Gasteiger partial charge in [-0.1, -0.05) is 12.1 Å². The lowest BCUT2D eigenvalue weighted by Gasteiger charge is -2.28. The molecule has 8 heteroatoms. The minimum atomic E-state index is -0.266. The summed E-state index contributed by atoms with van der Waals surface area (Å²) in [7, 11) is 0. The molecule has 0 bridgehead atoms. The molecule has 5 rings (SSSR count). The Morgan fingerprint density at radius 3 is 2.61 bits per heavy atom. The summed E-state index contributed by atoms with van der Waals surface area (Å²) in [6.45, 7) is 5.26. The van der Waals surface area contributed by atoms with Gasteiger partial charge in [0.1, 0.15) is 11.6 Å². The molecule has 3 heterocycles. The maximum atomic E-state index is 13.5. The highest BCUT2D eigenvalue weighted by Crippen LogP contribution is 2.23. The summed E-state index contributed by atoms with van der Waals surface area (Å²) < 4.78 is 20.6. The molecule has 0 radical (unpaired) electrons. The molecule has 1 aliphatic rings. The second-order valence-electron chi connectivity index (χ2n) is 7.60. The molecule has 2 aromatic heterocycles. The molecular formula is C23H23FN6O. The third-order valence-electron chi connectivity index (χ3n) is 5.25. The van der Waals surface area contributed by atoms with Crippen LogP contribution in [0.25, 0.3) is 5.78 Å². The number of anilines is 3. The largest absolute Gasteiger partial charge is 0.378 e. The number of morpholine rings is 1. The first-order valence-electron chi connectivity index (χ1n) is 10.3. The van der Waals surface area contributed by atoms with Crippen LogP contribution in [0.2, 0.25) is 0 Å². The van der Waals surface area contributed by atoms with Gasteiger partial charge in [-0.15, -0.1) is 5.10 Å². The molecule has 1 aliphatic heterocycles. The number of fused-ring (bicyclic) bond motifs is 1. The van der Waals surface area contributed by atoms with Crippen molar-refractivity contribution in [2.75, 3.05) is 36.5 Å². The zero-order valence-corrected chi connectivity index (χ0v) is 17.3. The van der Waals surface area contributed by atoms with Gasteiger partial charge in [0.2, 0.25) is 0 Å². The van der Waals surface area contributed by atoms with Crippen LogP contribution in [0.4, 0.5) is 21.6 Å². The SMILES string of the molecule is Cc1cc(Nc2ccc(N3CCOCC3)cc2)n2nc(Cc3cccc(F)c3)nc2n1. The van der Waals surface area contributed by atoms with Gasteiger partial charge in [0, 0.05) is 42.6 Å². The van der Waals surface area contributed by atoms with Crippen LogP contribution in [-0.2, 0) is 11.2 Å². The zero-order chi connectivity index (χ0) is 21.2. The molecule has 4 aromatic rings. The van der Waals surface area contributed by atoms with Crippen molar-refractivity contribution in [1.29, 1.82) is 0 Å². The van der Waals surface area contributed by atoms with Crippen LogP contribution < -0.4 is 10.2 Å². The topological polar surface area (TPSA) is 67.6 Å². The van der Waals surface area contributed by atoms with Gasteiger partial charge < -0.3 is 15.0 Å². The summed E-state index contributed by atoms with van der Waals surface area (Å²) in [5.41, 5.74) is 3.79. The summed E-state index contributed by atoms with van der Waals surface area (Å²) in [4.78, 5) is 11.3. The van der Waals surface area contributed by atoms with Crippen molar-refractivity contribution < 1.29 is 9.13 Å². The molecule has 0 atom stereocenters. The fourth-order valence-electron chi connectivity index (χ4n) is 3.75. The van der Waals surface area contributed by atoms with E-state index in [4.69, 9.17) is 4.74 Å². The van der Waals surface area contributed by atoms with Gasteiger partial charge in [-0.2, -0.15) is 9.50 Å². The van der Waals surface area contributed by atoms with Crippen LogP contribution in [0, 0.1) is 12.7 Å². The maximum Gasteiger partial charge on any atom is 0.254 e. The number of halogens is 1. The molecule has 0 saturated carbocycles. The number of benzene rings is 2. The summed E-state index contributed by atoms with van der Waals surface area (Å²) in [5.74, 6) is 1.62. The van der Waals surface area contributed by atoms with E-state index in [0.717, 1.165) is 49.1 Å². The highest BCUT2D eigenvalue weighted by Gasteiger charge is 2.13. The smallest absolute Gasteiger partial charge is 0.254 e. The molecule has 31 heavy (non-hydrogen) atoms. The number of aryl methyl sites for hydroxylation is 1. The summed E-state index contributed by atoms with van der Waals surface area (Å²) in [5, 5.41) is 8.02. The highest BCUT2D eigenvalue weighted by molar-refractivity contribution is 5.62. The highest BCUT2D eigenvalue weighted by atomic mass is 19.1. The zero-order valence-electron chi connectivity index (χ0n) is 17.3. The Morgan fingerprint density at radius 2 is 1.84 bits per heavy atom. The second kappa shape index (κ2) is 8.31. The number of ether oxygens (including phenoxy) is 1. The Kier molecular flexibility index (Phi) is 5.21. The summed E-state index contributed by atoms with van der Waals surface area (Å²) in [6.07, 6.45) is 0.438. The average molecular weight is 418 g/mol. The van der Waals surface area contributed by atoms with E-state index in [1.165, 1.54) is 17.8 Å². The number of nitrogens with one attached hydrogen (secondary N) is 1. The quantitative estimate of drug-likeness (QED) is 0.533. The van der Waals surface area contributed by atoms with Crippen molar-refractivity contribution in [2.24, 2.45) is 0 Å². The molecule has 0 amide bonds. The van der Waals surface area contributed by atoms with E-state index in [2.05, 4.69) is 49.5 Å². The first-order chi connectivity index (χ1) is 15.1. The normalized spacial score (nSPS) is 14.2. The first-order valence-corrected chi connectivity index (χ1v) is 10.3. The van der Waals surface area contributed by atoms with Gasteiger partial charge in [-0.25, -0.2) is 9.37 Å². The molecule has 2 aromatic carbocycles. The molecule has 0 spiro atoms. The fraction of sp³-hybridized carbons (Fsp3) is 0.261. The van der Waals surface area contributed by atoms with Crippen molar-refractivity contribution in [3.8, 4) is 0 Å². The minimum absolute atomic E-state index is 0.266. The van der Waals surface area contributed by atoms with Gasteiger partial charge in [0.15, 0.2) is 5.82 Å². The molecule has 158 valence electrons. The Hall–Kier alpha value is -3.52. The predicted molar refractivity (Wildman–Crippen MR) is 117 cm³/mol. The molecule has 7 nitrogen and oxygen atoms in total. The maximum absolute atomic E-state index is 13.5. The van der Waals surface area contributed by atoms with Gasteiger partial charge >= 0.3 is 0 Å². The van der Waals surface area contributed by atoms with E-state index in [1.807, 2.05) is 19.1 Å². The van der Waals surface area contributed by atoms with Crippen molar-refractivity contribution >= 4 is 23.0 Å². The van der Waals surface area contributed by atoms with Crippen LogP contribution >= 0.6 is 0 Å². The fourth-order valence-corrected chi connectivity index (χ4v) is 3.75. The van der Waals surface area contributed by atoms with E-state index in [0.29, 0.717) is 18.0 Å². The monoisotopic (exact) mass is 418 g/mol. The minimum Gasteiger partial charge on any atom is -0.378 e. The Bertz CT molecular complexity index is 1200. The van der Waals surface area contributed by atoms with Crippen molar-refractivity contribution in [2.45, 2.75) is 13.3 Å². The Labute approximate surface area is 179 Å². The van der Waals surface area contributed by atoms with Gasteiger partial charge in [-0.05, 0) is 48.9 Å². The van der Waals surface area contributed by atoms with Crippen molar-refractivity contribution in [3.63, 3.8) is 0 Å². The molecule has 1 N–H and O–H groups in total. The number of hydrogen-bond acceptors (Lipinski definition) is 6. The number of aromatic nitrogens is 4. The van der Waals surface area contributed by atoms with Gasteiger partial charge in [0.05, 0.1) is 13.2 Å². The van der Waals surface area contributed by atoms with Crippen LogP contribution in [0.15, 0.2) is 54.6 Å². The number of rotatable bonds is 5. The van der Waals surface area contributed by atoms with E-state index < -0.39 is 0 Å². The average Bonchev–Trinajstić information content (AvgIpc) is 3.17. The molecule has 1 fully saturated rings. The standard InChI is InChI=1S/C23H23FN6O/c1-16-13-22(26-19-5-7-20(8-6-19)29-9-11-31-12-10-29)30-23(25-16)27-21(28-30)15-17-3-2-4-18(24)14-17/h2-8,13-14,26H,9-12,15H2,1H3.